The van der Waals surface area contributed by atoms with Gasteiger partial charge in [-0.1, -0.05) is 6.07 Å². The molecule has 1 aromatic carbocycles. The topological polar surface area (TPSA) is 41.5 Å². The van der Waals surface area contributed by atoms with Gasteiger partial charge < -0.3 is 15.2 Å². The first-order valence-electron chi connectivity index (χ1n) is 6.00. The summed E-state index contributed by atoms with van der Waals surface area (Å²) in [6.07, 6.45) is 0.369. The standard InChI is InChI=1S/C13H17F2NO2/c1-9-13(17,4-5-18-9)8-16-7-10-2-3-11(14)12(15)6-10/h2-3,6,9,16-17H,4-5,7-8H2,1H3. The predicted octanol–water partition coefficient (Wildman–Crippen LogP) is 1.59. The van der Waals surface area contributed by atoms with Gasteiger partial charge in [-0.05, 0) is 24.6 Å². The van der Waals surface area contributed by atoms with Crippen LogP contribution in [0.25, 0.3) is 0 Å². The van der Waals surface area contributed by atoms with Crippen molar-refractivity contribution in [2.75, 3.05) is 13.2 Å². The molecule has 0 aromatic heterocycles. The van der Waals surface area contributed by atoms with E-state index >= 15 is 0 Å². The molecule has 3 nitrogen and oxygen atoms in total. The maximum atomic E-state index is 13.0. The molecule has 2 rings (SSSR count). The van der Waals surface area contributed by atoms with E-state index in [9.17, 15) is 13.9 Å². The van der Waals surface area contributed by atoms with Gasteiger partial charge in [-0.25, -0.2) is 8.78 Å². The smallest absolute Gasteiger partial charge is 0.159 e. The third-order valence-electron chi connectivity index (χ3n) is 3.40. The van der Waals surface area contributed by atoms with E-state index in [2.05, 4.69) is 5.32 Å². The van der Waals surface area contributed by atoms with Crippen LogP contribution in [0, 0.1) is 11.6 Å². The zero-order chi connectivity index (χ0) is 13.2. The van der Waals surface area contributed by atoms with Crippen LogP contribution in [-0.2, 0) is 11.3 Å². The Morgan fingerprint density at radius 1 is 1.44 bits per heavy atom. The molecule has 1 fully saturated rings. The molecule has 1 heterocycles. The first-order chi connectivity index (χ1) is 8.51. The molecule has 2 N–H and O–H groups in total. The highest BCUT2D eigenvalue weighted by Crippen LogP contribution is 2.24. The lowest BCUT2D eigenvalue weighted by molar-refractivity contribution is -0.0263. The van der Waals surface area contributed by atoms with E-state index in [1.807, 2.05) is 6.92 Å². The molecule has 0 saturated carbocycles. The summed E-state index contributed by atoms with van der Waals surface area (Å²) in [5.41, 5.74) is -0.234. The second-order valence-corrected chi connectivity index (χ2v) is 4.72. The van der Waals surface area contributed by atoms with Gasteiger partial charge in [0.15, 0.2) is 11.6 Å². The van der Waals surface area contributed by atoms with Crippen molar-refractivity contribution in [1.29, 1.82) is 0 Å². The fourth-order valence-electron chi connectivity index (χ4n) is 2.08. The van der Waals surface area contributed by atoms with E-state index in [1.54, 1.807) is 0 Å². The summed E-state index contributed by atoms with van der Waals surface area (Å²) in [5, 5.41) is 13.3. The number of benzene rings is 1. The molecule has 0 spiro atoms. The molecule has 1 saturated heterocycles. The van der Waals surface area contributed by atoms with E-state index in [4.69, 9.17) is 4.74 Å². The minimum absolute atomic E-state index is 0.213. The molecule has 0 bridgehead atoms. The summed E-state index contributed by atoms with van der Waals surface area (Å²) in [4.78, 5) is 0. The Kier molecular flexibility index (Phi) is 3.94. The molecule has 0 aliphatic carbocycles. The lowest BCUT2D eigenvalue weighted by atomic mass is 9.96. The SMILES string of the molecule is CC1OCCC1(O)CNCc1ccc(F)c(F)c1. The molecular weight excluding hydrogens is 240 g/mol. The van der Waals surface area contributed by atoms with Crippen LogP contribution < -0.4 is 5.32 Å². The summed E-state index contributed by atoms with van der Waals surface area (Å²) in [5.74, 6) is -1.71. The van der Waals surface area contributed by atoms with Crippen LogP contribution in [0.3, 0.4) is 0 Å². The molecule has 2 atom stereocenters. The molecule has 1 aliphatic rings. The predicted molar refractivity (Wildman–Crippen MR) is 63.0 cm³/mol. The van der Waals surface area contributed by atoms with Crippen molar-refractivity contribution >= 4 is 0 Å². The Balaban J connectivity index is 1.86. The zero-order valence-electron chi connectivity index (χ0n) is 10.2. The van der Waals surface area contributed by atoms with Crippen LogP contribution in [0.15, 0.2) is 18.2 Å². The van der Waals surface area contributed by atoms with Crippen molar-refractivity contribution in [2.24, 2.45) is 0 Å². The zero-order valence-corrected chi connectivity index (χ0v) is 10.2. The molecule has 1 aliphatic heterocycles. The van der Waals surface area contributed by atoms with E-state index in [1.165, 1.54) is 6.07 Å². The number of rotatable bonds is 4. The second-order valence-electron chi connectivity index (χ2n) is 4.72. The number of nitrogens with one attached hydrogen (secondary N) is 1. The van der Waals surface area contributed by atoms with Gasteiger partial charge >= 0.3 is 0 Å². The van der Waals surface area contributed by atoms with Crippen molar-refractivity contribution in [3.8, 4) is 0 Å². The number of hydrogen-bond acceptors (Lipinski definition) is 3. The summed E-state index contributed by atoms with van der Waals surface area (Å²) in [6.45, 7) is 3.12. The summed E-state index contributed by atoms with van der Waals surface area (Å²) < 4.78 is 31.0. The fourth-order valence-corrected chi connectivity index (χ4v) is 2.08. The number of halogens is 2. The summed E-state index contributed by atoms with van der Waals surface area (Å²) in [7, 11) is 0. The van der Waals surface area contributed by atoms with Gasteiger partial charge in [0.25, 0.3) is 0 Å². The van der Waals surface area contributed by atoms with Crippen molar-refractivity contribution < 1.29 is 18.6 Å². The Bertz CT molecular complexity index is 427. The van der Waals surface area contributed by atoms with Crippen molar-refractivity contribution in [3.05, 3.63) is 35.4 Å². The maximum absolute atomic E-state index is 13.0. The molecular formula is C13H17F2NO2. The van der Waals surface area contributed by atoms with Gasteiger partial charge in [-0.2, -0.15) is 0 Å². The number of aliphatic hydroxyl groups is 1. The lowest BCUT2D eigenvalue weighted by Gasteiger charge is -2.26. The van der Waals surface area contributed by atoms with Crippen LogP contribution in [0.4, 0.5) is 8.78 Å². The van der Waals surface area contributed by atoms with Crippen molar-refractivity contribution in [2.45, 2.75) is 31.6 Å². The first-order valence-corrected chi connectivity index (χ1v) is 6.00. The molecule has 0 radical (unpaired) electrons. The van der Waals surface area contributed by atoms with Crippen molar-refractivity contribution in [3.63, 3.8) is 0 Å². The molecule has 100 valence electrons. The fraction of sp³-hybridized carbons (Fsp3) is 0.538. The molecule has 0 amide bonds. The minimum atomic E-state index is -0.876. The van der Waals surface area contributed by atoms with Crippen LogP contribution in [0.1, 0.15) is 18.9 Å². The van der Waals surface area contributed by atoms with E-state index in [0.717, 1.165) is 12.1 Å². The summed E-state index contributed by atoms with van der Waals surface area (Å²) in [6, 6.07) is 3.77. The molecule has 5 heteroatoms. The van der Waals surface area contributed by atoms with Crippen LogP contribution >= 0.6 is 0 Å². The van der Waals surface area contributed by atoms with E-state index < -0.39 is 17.2 Å². The average Bonchev–Trinajstić information content (AvgIpc) is 2.65. The highest BCUT2D eigenvalue weighted by atomic mass is 19.2. The van der Waals surface area contributed by atoms with Crippen LogP contribution in [0.2, 0.25) is 0 Å². The average molecular weight is 257 g/mol. The van der Waals surface area contributed by atoms with E-state index in [-0.39, 0.29) is 6.10 Å². The number of hydrogen-bond donors (Lipinski definition) is 2. The highest BCUT2D eigenvalue weighted by Gasteiger charge is 2.38. The van der Waals surface area contributed by atoms with Crippen LogP contribution in [0.5, 0.6) is 0 Å². The lowest BCUT2D eigenvalue weighted by Crippen LogP contribution is -2.45. The van der Waals surface area contributed by atoms with Gasteiger partial charge in [-0.3, -0.25) is 0 Å². The second kappa shape index (κ2) is 5.30. The quantitative estimate of drug-likeness (QED) is 0.860. The Hall–Kier alpha value is -1.04. The van der Waals surface area contributed by atoms with Gasteiger partial charge in [0.05, 0.1) is 6.10 Å². The van der Waals surface area contributed by atoms with Gasteiger partial charge in [0.2, 0.25) is 0 Å². The monoisotopic (exact) mass is 257 g/mol. The molecule has 2 unspecified atom stereocenters. The third kappa shape index (κ3) is 2.85. The normalized spacial score (nSPS) is 27.7. The van der Waals surface area contributed by atoms with E-state index in [0.29, 0.717) is 31.7 Å². The largest absolute Gasteiger partial charge is 0.386 e. The molecule has 1 aromatic rings. The first kappa shape index (κ1) is 13.4. The van der Waals surface area contributed by atoms with Crippen LogP contribution in [-0.4, -0.2) is 30.0 Å². The minimum Gasteiger partial charge on any atom is -0.386 e. The highest BCUT2D eigenvalue weighted by molar-refractivity contribution is 5.17. The molecule has 18 heavy (non-hydrogen) atoms. The number of ether oxygens (including phenoxy) is 1. The van der Waals surface area contributed by atoms with Crippen molar-refractivity contribution in [1.82, 2.24) is 5.32 Å². The maximum Gasteiger partial charge on any atom is 0.159 e. The van der Waals surface area contributed by atoms with Gasteiger partial charge in [-0.15, -0.1) is 0 Å². The Morgan fingerprint density at radius 3 is 2.83 bits per heavy atom. The Labute approximate surface area is 105 Å². The van der Waals surface area contributed by atoms with Gasteiger partial charge in [0.1, 0.15) is 5.60 Å². The summed E-state index contributed by atoms with van der Waals surface area (Å²) >= 11 is 0. The Morgan fingerprint density at radius 2 is 2.22 bits per heavy atom. The van der Waals surface area contributed by atoms with Gasteiger partial charge in [0, 0.05) is 26.1 Å². The third-order valence-corrected chi connectivity index (χ3v) is 3.40.